The lowest BCUT2D eigenvalue weighted by atomic mass is 10.0. The van der Waals surface area contributed by atoms with Gasteiger partial charge in [-0.1, -0.05) is 85.0 Å². The first-order valence-corrected chi connectivity index (χ1v) is 14.8. The number of hydrogen-bond donors (Lipinski definition) is 1. The number of halogens is 3. The summed E-state index contributed by atoms with van der Waals surface area (Å²) in [6.45, 7) is 4.75. The average Bonchev–Trinajstić information content (AvgIpc) is 2.90. The van der Waals surface area contributed by atoms with E-state index in [1.165, 1.54) is 0 Å². The molecular weight excluding hydrogens is 559 g/mol. The molecule has 1 N–H and O–H groups in total. The molecule has 0 saturated heterocycles. The van der Waals surface area contributed by atoms with Crippen LogP contribution in [0.5, 0.6) is 0 Å². The first-order chi connectivity index (χ1) is 18.2. The quantitative estimate of drug-likeness (QED) is 0.162. The molecule has 0 aliphatic carbocycles. The van der Waals surface area contributed by atoms with Crippen LogP contribution in [0.15, 0.2) is 77.7 Å². The summed E-state index contributed by atoms with van der Waals surface area (Å²) in [7, 11) is 0. The molecule has 3 rings (SSSR count). The number of carbonyl (C=O) groups excluding carboxylic acids is 2. The zero-order valence-electron chi connectivity index (χ0n) is 21.6. The molecule has 0 spiro atoms. The van der Waals surface area contributed by atoms with Gasteiger partial charge in [-0.3, -0.25) is 9.59 Å². The minimum absolute atomic E-state index is 0.113. The minimum Gasteiger partial charge on any atom is -0.354 e. The third-order valence-corrected chi connectivity index (χ3v) is 8.02. The van der Waals surface area contributed by atoms with Crippen molar-refractivity contribution < 1.29 is 9.59 Å². The Kier molecular flexibility index (Phi) is 12.3. The van der Waals surface area contributed by atoms with E-state index in [0.29, 0.717) is 46.4 Å². The Morgan fingerprint density at radius 2 is 1.55 bits per heavy atom. The molecule has 0 heterocycles. The van der Waals surface area contributed by atoms with Crippen LogP contribution in [0.4, 0.5) is 0 Å². The van der Waals surface area contributed by atoms with Crippen LogP contribution in [0.2, 0.25) is 15.1 Å². The first-order valence-electron chi connectivity index (χ1n) is 12.7. The van der Waals surface area contributed by atoms with Gasteiger partial charge in [0.05, 0.1) is 0 Å². The normalized spacial score (nSPS) is 11.8. The van der Waals surface area contributed by atoms with Crippen molar-refractivity contribution in [3.05, 3.63) is 99.0 Å². The largest absolute Gasteiger partial charge is 0.354 e. The smallest absolute Gasteiger partial charge is 0.243 e. The van der Waals surface area contributed by atoms with Crippen LogP contribution in [0, 0.1) is 5.92 Å². The van der Waals surface area contributed by atoms with Crippen molar-refractivity contribution in [2.24, 2.45) is 5.92 Å². The third-order valence-electron chi connectivity index (χ3n) is 5.96. The van der Waals surface area contributed by atoms with Crippen molar-refractivity contribution in [1.82, 2.24) is 10.2 Å². The van der Waals surface area contributed by atoms with Crippen LogP contribution in [0.3, 0.4) is 0 Å². The van der Waals surface area contributed by atoms with Gasteiger partial charge in [0.15, 0.2) is 0 Å². The lowest BCUT2D eigenvalue weighted by Crippen LogP contribution is -2.51. The molecule has 3 aromatic carbocycles. The number of nitrogens with zero attached hydrogens (tertiary/aromatic N) is 1. The van der Waals surface area contributed by atoms with E-state index >= 15 is 0 Å². The van der Waals surface area contributed by atoms with Crippen LogP contribution in [0.25, 0.3) is 0 Å². The second-order valence-electron chi connectivity index (χ2n) is 9.47. The van der Waals surface area contributed by atoms with E-state index in [2.05, 4.69) is 5.32 Å². The summed E-state index contributed by atoms with van der Waals surface area (Å²) in [5.74, 6) is 0.744. The Labute approximate surface area is 245 Å². The molecule has 38 heavy (non-hydrogen) atoms. The Morgan fingerprint density at radius 3 is 2.18 bits per heavy atom. The highest BCUT2D eigenvalue weighted by Gasteiger charge is 2.31. The van der Waals surface area contributed by atoms with Crippen molar-refractivity contribution >= 4 is 58.4 Å². The van der Waals surface area contributed by atoms with Crippen molar-refractivity contribution in [3.63, 3.8) is 0 Å². The second kappa shape index (κ2) is 15.4. The molecule has 3 aromatic rings. The van der Waals surface area contributed by atoms with Gasteiger partial charge in [-0.15, -0.1) is 11.8 Å². The molecule has 0 aliphatic rings. The minimum atomic E-state index is -0.708. The number of carbonyl (C=O) groups is 2. The van der Waals surface area contributed by atoms with Crippen molar-refractivity contribution in [2.75, 3.05) is 12.3 Å². The van der Waals surface area contributed by atoms with Gasteiger partial charge in [-0.25, -0.2) is 0 Å². The van der Waals surface area contributed by atoms with E-state index in [4.69, 9.17) is 34.8 Å². The highest BCUT2D eigenvalue weighted by atomic mass is 35.5. The van der Waals surface area contributed by atoms with Gasteiger partial charge in [-0.05, 0) is 60.1 Å². The summed E-state index contributed by atoms with van der Waals surface area (Å²) in [4.78, 5) is 30.0. The van der Waals surface area contributed by atoms with Gasteiger partial charge in [0.1, 0.15) is 6.04 Å². The molecular formula is C30H33Cl3N2O2S. The zero-order chi connectivity index (χ0) is 27.5. The Hall–Kier alpha value is -2.18. The maximum Gasteiger partial charge on any atom is 0.243 e. The maximum atomic E-state index is 13.7. The van der Waals surface area contributed by atoms with E-state index in [1.807, 2.05) is 68.4 Å². The number of rotatable bonds is 13. The molecule has 8 heteroatoms. The number of thioether (sulfide) groups is 1. The predicted octanol–water partition coefficient (Wildman–Crippen LogP) is 7.93. The fourth-order valence-electron chi connectivity index (χ4n) is 3.92. The van der Waals surface area contributed by atoms with Crippen LogP contribution in [-0.4, -0.2) is 35.1 Å². The van der Waals surface area contributed by atoms with Crippen molar-refractivity contribution in [1.29, 1.82) is 0 Å². The van der Waals surface area contributed by atoms with Gasteiger partial charge in [0.2, 0.25) is 11.8 Å². The lowest BCUT2D eigenvalue weighted by Gasteiger charge is -2.32. The topological polar surface area (TPSA) is 49.4 Å². The molecule has 0 aromatic heterocycles. The highest BCUT2D eigenvalue weighted by molar-refractivity contribution is 7.99. The zero-order valence-corrected chi connectivity index (χ0v) is 24.7. The van der Waals surface area contributed by atoms with E-state index in [0.717, 1.165) is 16.2 Å². The Morgan fingerprint density at radius 1 is 0.895 bits per heavy atom. The van der Waals surface area contributed by atoms with Gasteiger partial charge in [0, 0.05) is 51.5 Å². The molecule has 2 amide bonds. The molecule has 1 atom stereocenters. The number of nitrogens with one attached hydrogen (secondary N) is 1. The summed E-state index contributed by atoms with van der Waals surface area (Å²) >= 11 is 20.6. The molecule has 0 unspecified atom stereocenters. The summed E-state index contributed by atoms with van der Waals surface area (Å²) in [5.41, 5.74) is 1.60. The van der Waals surface area contributed by atoms with Crippen LogP contribution >= 0.6 is 46.6 Å². The van der Waals surface area contributed by atoms with Crippen LogP contribution in [-0.2, 0) is 22.6 Å². The second-order valence-corrected chi connectivity index (χ2v) is 11.9. The van der Waals surface area contributed by atoms with Crippen LogP contribution in [0.1, 0.15) is 37.8 Å². The van der Waals surface area contributed by atoms with E-state index in [-0.39, 0.29) is 24.3 Å². The molecule has 0 saturated carbocycles. The summed E-state index contributed by atoms with van der Waals surface area (Å²) in [5, 5.41) is 4.66. The number of amides is 2. The fraction of sp³-hybridized carbons (Fsp3) is 0.333. The SMILES string of the molecule is CC(C)CNC(=O)[C@H](Cc1ccccc1)N(Cc1c(Cl)cccc1Cl)C(=O)CCCSc1ccc(Cl)cc1. The van der Waals surface area contributed by atoms with Crippen LogP contribution < -0.4 is 5.32 Å². The van der Waals surface area contributed by atoms with E-state index in [1.54, 1.807) is 34.9 Å². The first kappa shape index (κ1) is 30.4. The predicted molar refractivity (Wildman–Crippen MR) is 160 cm³/mol. The summed E-state index contributed by atoms with van der Waals surface area (Å²) in [6, 6.07) is 21.9. The summed E-state index contributed by atoms with van der Waals surface area (Å²) in [6.07, 6.45) is 1.34. The summed E-state index contributed by atoms with van der Waals surface area (Å²) < 4.78 is 0. The molecule has 0 bridgehead atoms. The highest BCUT2D eigenvalue weighted by Crippen LogP contribution is 2.28. The Bertz CT molecular complexity index is 1170. The van der Waals surface area contributed by atoms with Crippen molar-refractivity contribution in [3.8, 4) is 0 Å². The number of hydrogen-bond acceptors (Lipinski definition) is 3. The average molecular weight is 592 g/mol. The molecule has 202 valence electrons. The Balaban J connectivity index is 1.83. The fourth-order valence-corrected chi connectivity index (χ4v) is 5.41. The van der Waals surface area contributed by atoms with Gasteiger partial charge in [0.25, 0.3) is 0 Å². The molecule has 0 radical (unpaired) electrons. The lowest BCUT2D eigenvalue weighted by molar-refractivity contribution is -0.141. The molecule has 0 aliphatic heterocycles. The monoisotopic (exact) mass is 590 g/mol. The van der Waals surface area contributed by atoms with Gasteiger partial charge in [-0.2, -0.15) is 0 Å². The van der Waals surface area contributed by atoms with E-state index in [9.17, 15) is 9.59 Å². The number of benzene rings is 3. The third kappa shape index (κ3) is 9.53. The van der Waals surface area contributed by atoms with Crippen molar-refractivity contribution in [2.45, 2.75) is 50.6 Å². The maximum absolute atomic E-state index is 13.7. The van der Waals surface area contributed by atoms with E-state index < -0.39 is 6.04 Å². The van der Waals surface area contributed by atoms with Gasteiger partial charge >= 0.3 is 0 Å². The molecule has 0 fully saturated rings. The standard InChI is InChI=1S/C30H33Cl3N2O2S/c1-21(2)19-34-30(37)28(18-22-8-4-3-5-9-22)35(20-25-26(32)10-6-11-27(25)33)29(36)12-7-17-38-24-15-13-23(31)14-16-24/h3-6,8-11,13-16,21,28H,7,12,17-20H2,1-2H3,(H,34,37)/t28-/m0/s1. The molecule has 4 nitrogen and oxygen atoms in total. The van der Waals surface area contributed by atoms with Gasteiger partial charge < -0.3 is 10.2 Å².